The molecule has 0 aliphatic heterocycles. The smallest absolute Gasteiger partial charge is 0.253 e. The van der Waals surface area contributed by atoms with E-state index in [0.29, 0.717) is 30.8 Å². The SMILES string of the molecule is COc1ccccc1CCNC(=O)CNc1ccccc1C(=O)NCc1ccc(C)cc1. The lowest BCUT2D eigenvalue weighted by Crippen LogP contribution is -2.32. The number of nitrogens with one attached hydrogen (secondary N) is 3. The number of hydrogen-bond donors (Lipinski definition) is 3. The zero-order valence-electron chi connectivity index (χ0n) is 18.5. The van der Waals surface area contributed by atoms with Crippen LogP contribution in [0.4, 0.5) is 5.69 Å². The highest BCUT2D eigenvalue weighted by atomic mass is 16.5. The zero-order valence-corrected chi connectivity index (χ0v) is 18.5. The topological polar surface area (TPSA) is 79.5 Å². The van der Waals surface area contributed by atoms with Gasteiger partial charge in [0.15, 0.2) is 0 Å². The molecular weight excluding hydrogens is 402 g/mol. The summed E-state index contributed by atoms with van der Waals surface area (Å²) in [4.78, 5) is 25.0. The van der Waals surface area contributed by atoms with Crippen LogP contribution in [-0.4, -0.2) is 32.0 Å². The Morgan fingerprint density at radius 2 is 1.59 bits per heavy atom. The molecule has 0 spiro atoms. The van der Waals surface area contributed by atoms with Crippen LogP contribution in [0, 0.1) is 6.92 Å². The molecule has 3 rings (SSSR count). The van der Waals surface area contributed by atoms with Crippen LogP contribution < -0.4 is 20.7 Å². The van der Waals surface area contributed by atoms with Crippen molar-refractivity contribution >= 4 is 17.5 Å². The molecule has 0 radical (unpaired) electrons. The molecule has 3 N–H and O–H groups in total. The molecular formula is C26H29N3O3. The number of hydrogen-bond acceptors (Lipinski definition) is 4. The van der Waals surface area contributed by atoms with E-state index in [1.165, 1.54) is 5.56 Å². The highest BCUT2D eigenvalue weighted by Gasteiger charge is 2.12. The fourth-order valence-corrected chi connectivity index (χ4v) is 3.30. The molecule has 0 aliphatic carbocycles. The van der Waals surface area contributed by atoms with Crippen molar-refractivity contribution in [3.05, 3.63) is 95.1 Å². The molecule has 0 heterocycles. The van der Waals surface area contributed by atoms with E-state index in [1.807, 2.05) is 61.5 Å². The maximum Gasteiger partial charge on any atom is 0.253 e. The molecule has 3 aromatic carbocycles. The Bertz CT molecular complexity index is 1050. The Balaban J connectivity index is 1.49. The second kappa shape index (κ2) is 11.6. The highest BCUT2D eigenvalue weighted by Crippen LogP contribution is 2.17. The average Bonchev–Trinajstić information content (AvgIpc) is 2.82. The fraction of sp³-hybridized carbons (Fsp3) is 0.231. The molecule has 32 heavy (non-hydrogen) atoms. The number of carbonyl (C=O) groups excluding carboxylic acids is 2. The number of amides is 2. The molecule has 0 unspecified atom stereocenters. The Kier molecular flexibility index (Phi) is 8.26. The largest absolute Gasteiger partial charge is 0.496 e. The van der Waals surface area contributed by atoms with E-state index in [2.05, 4.69) is 16.0 Å². The first kappa shape index (κ1) is 22.9. The van der Waals surface area contributed by atoms with Gasteiger partial charge in [0.2, 0.25) is 5.91 Å². The number of anilines is 1. The van der Waals surface area contributed by atoms with Gasteiger partial charge in [-0.3, -0.25) is 9.59 Å². The normalized spacial score (nSPS) is 10.3. The first-order chi connectivity index (χ1) is 15.6. The summed E-state index contributed by atoms with van der Waals surface area (Å²) in [6.07, 6.45) is 0.674. The second-order valence-corrected chi connectivity index (χ2v) is 7.48. The average molecular weight is 432 g/mol. The van der Waals surface area contributed by atoms with Crippen molar-refractivity contribution in [3.8, 4) is 5.75 Å². The van der Waals surface area contributed by atoms with Crippen molar-refractivity contribution in [1.82, 2.24) is 10.6 Å². The van der Waals surface area contributed by atoms with Gasteiger partial charge in [-0.05, 0) is 42.7 Å². The maximum atomic E-state index is 12.7. The number of carbonyl (C=O) groups is 2. The van der Waals surface area contributed by atoms with E-state index < -0.39 is 0 Å². The van der Waals surface area contributed by atoms with Crippen LogP contribution in [0.5, 0.6) is 5.75 Å². The number of para-hydroxylation sites is 2. The number of rotatable bonds is 10. The third kappa shape index (κ3) is 6.60. The fourth-order valence-electron chi connectivity index (χ4n) is 3.30. The van der Waals surface area contributed by atoms with Crippen LogP contribution in [0.25, 0.3) is 0 Å². The van der Waals surface area contributed by atoms with Crippen LogP contribution in [0.2, 0.25) is 0 Å². The molecule has 0 saturated carbocycles. The lowest BCUT2D eigenvalue weighted by molar-refractivity contribution is -0.119. The van der Waals surface area contributed by atoms with Crippen molar-refractivity contribution in [2.24, 2.45) is 0 Å². The summed E-state index contributed by atoms with van der Waals surface area (Å²) in [5.41, 5.74) is 4.37. The molecule has 2 amide bonds. The van der Waals surface area contributed by atoms with Crippen molar-refractivity contribution in [1.29, 1.82) is 0 Å². The Hall–Kier alpha value is -3.80. The minimum absolute atomic E-state index is 0.0776. The molecule has 0 aromatic heterocycles. The quantitative estimate of drug-likeness (QED) is 0.457. The van der Waals surface area contributed by atoms with E-state index in [4.69, 9.17) is 4.74 Å². The van der Waals surface area contributed by atoms with E-state index in [9.17, 15) is 9.59 Å². The van der Waals surface area contributed by atoms with Gasteiger partial charge in [0.05, 0.1) is 19.2 Å². The van der Waals surface area contributed by atoms with Crippen LogP contribution in [0.3, 0.4) is 0 Å². The molecule has 0 atom stereocenters. The van der Waals surface area contributed by atoms with Gasteiger partial charge < -0.3 is 20.7 Å². The molecule has 0 aliphatic rings. The number of methoxy groups -OCH3 is 1. The van der Waals surface area contributed by atoms with E-state index in [0.717, 1.165) is 16.9 Å². The molecule has 6 nitrogen and oxygen atoms in total. The summed E-state index contributed by atoms with van der Waals surface area (Å²) in [7, 11) is 1.63. The number of aryl methyl sites for hydroxylation is 1. The summed E-state index contributed by atoms with van der Waals surface area (Å²) in [5, 5.41) is 8.90. The predicted molar refractivity (Wildman–Crippen MR) is 127 cm³/mol. The Labute approximate surface area is 189 Å². The zero-order chi connectivity index (χ0) is 22.8. The van der Waals surface area contributed by atoms with Gasteiger partial charge in [0, 0.05) is 18.8 Å². The highest BCUT2D eigenvalue weighted by molar-refractivity contribution is 6.00. The predicted octanol–water partition coefficient (Wildman–Crippen LogP) is 3.70. The summed E-state index contributed by atoms with van der Waals surface area (Å²) in [6.45, 7) is 3.05. The van der Waals surface area contributed by atoms with Crippen LogP contribution in [0.15, 0.2) is 72.8 Å². The molecule has 0 saturated heterocycles. The molecule has 0 fully saturated rings. The van der Waals surface area contributed by atoms with Crippen molar-refractivity contribution < 1.29 is 14.3 Å². The van der Waals surface area contributed by atoms with Crippen LogP contribution >= 0.6 is 0 Å². The maximum absolute atomic E-state index is 12.7. The van der Waals surface area contributed by atoms with E-state index in [1.54, 1.807) is 25.3 Å². The summed E-state index contributed by atoms with van der Waals surface area (Å²) in [5.74, 6) is 0.477. The van der Waals surface area contributed by atoms with Crippen molar-refractivity contribution in [2.45, 2.75) is 19.9 Å². The molecule has 3 aromatic rings. The minimum atomic E-state index is -0.190. The van der Waals surface area contributed by atoms with E-state index >= 15 is 0 Å². The summed E-state index contributed by atoms with van der Waals surface area (Å²) >= 11 is 0. The lowest BCUT2D eigenvalue weighted by atomic mass is 10.1. The second-order valence-electron chi connectivity index (χ2n) is 7.48. The van der Waals surface area contributed by atoms with Gasteiger partial charge in [0.1, 0.15) is 5.75 Å². The van der Waals surface area contributed by atoms with Gasteiger partial charge in [-0.1, -0.05) is 60.2 Å². The standard InChI is InChI=1S/C26H29N3O3/c1-19-11-13-20(14-12-19)17-29-26(31)22-8-4-5-9-23(22)28-18-25(30)27-16-15-21-7-3-6-10-24(21)32-2/h3-14,28H,15-18H2,1-2H3,(H,27,30)(H,29,31). The van der Waals surface area contributed by atoms with Crippen LogP contribution in [0.1, 0.15) is 27.0 Å². The van der Waals surface area contributed by atoms with Gasteiger partial charge in [-0.2, -0.15) is 0 Å². The molecule has 6 heteroatoms. The monoisotopic (exact) mass is 431 g/mol. The van der Waals surface area contributed by atoms with Gasteiger partial charge >= 0.3 is 0 Å². The van der Waals surface area contributed by atoms with Crippen molar-refractivity contribution in [2.75, 3.05) is 25.5 Å². The van der Waals surface area contributed by atoms with Crippen molar-refractivity contribution in [3.63, 3.8) is 0 Å². The van der Waals surface area contributed by atoms with Crippen LogP contribution in [-0.2, 0) is 17.8 Å². The third-order valence-corrected chi connectivity index (χ3v) is 5.09. The first-order valence-corrected chi connectivity index (χ1v) is 10.6. The van der Waals surface area contributed by atoms with Gasteiger partial charge in [-0.25, -0.2) is 0 Å². The Morgan fingerprint density at radius 3 is 2.38 bits per heavy atom. The third-order valence-electron chi connectivity index (χ3n) is 5.09. The molecule has 166 valence electrons. The lowest BCUT2D eigenvalue weighted by Gasteiger charge is -2.13. The number of benzene rings is 3. The first-order valence-electron chi connectivity index (χ1n) is 10.6. The minimum Gasteiger partial charge on any atom is -0.496 e. The summed E-state index contributed by atoms with van der Waals surface area (Å²) in [6, 6.07) is 22.9. The summed E-state index contributed by atoms with van der Waals surface area (Å²) < 4.78 is 5.33. The number of ether oxygens (including phenoxy) is 1. The molecule has 0 bridgehead atoms. The van der Waals surface area contributed by atoms with Gasteiger partial charge in [0.25, 0.3) is 5.91 Å². The van der Waals surface area contributed by atoms with Gasteiger partial charge in [-0.15, -0.1) is 0 Å². The Morgan fingerprint density at radius 1 is 0.875 bits per heavy atom. The van der Waals surface area contributed by atoms with E-state index in [-0.39, 0.29) is 18.4 Å².